The maximum absolute atomic E-state index is 13.0. The second-order valence-corrected chi connectivity index (χ2v) is 3.66. The summed E-state index contributed by atoms with van der Waals surface area (Å²) in [6.45, 7) is 1.61. The van der Waals surface area contributed by atoms with Gasteiger partial charge in [-0.3, -0.25) is 4.79 Å². The van der Waals surface area contributed by atoms with E-state index >= 15 is 0 Å². The molecule has 0 heterocycles. The molecule has 1 aromatic rings. The van der Waals surface area contributed by atoms with Crippen molar-refractivity contribution < 1.29 is 14.3 Å². The van der Waals surface area contributed by atoms with Crippen molar-refractivity contribution in [2.24, 2.45) is 5.73 Å². The van der Waals surface area contributed by atoms with Gasteiger partial charge in [0, 0.05) is 6.04 Å². The van der Waals surface area contributed by atoms with Gasteiger partial charge in [0.05, 0.1) is 11.4 Å². The number of carboxylic acids is 1. The Morgan fingerprint density at radius 3 is 2.80 bits per heavy atom. The lowest BCUT2D eigenvalue weighted by Gasteiger charge is -2.13. The standard InChI is InChI=1S/C10H11ClFNO2/c1-5-6(8(13)4-9(14)15)2-3-7(12)10(5)11/h2-3,8H,4,13H2,1H3,(H,14,15). The fourth-order valence-electron chi connectivity index (χ4n) is 1.37. The number of halogens is 2. The Morgan fingerprint density at radius 1 is 1.67 bits per heavy atom. The summed E-state index contributed by atoms with van der Waals surface area (Å²) >= 11 is 5.69. The molecule has 3 nitrogen and oxygen atoms in total. The van der Waals surface area contributed by atoms with Crippen molar-refractivity contribution in [3.63, 3.8) is 0 Å². The van der Waals surface area contributed by atoms with Gasteiger partial charge in [-0.05, 0) is 24.1 Å². The second kappa shape index (κ2) is 4.59. The van der Waals surface area contributed by atoms with Gasteiger partial charge in [0.25, 0.3) is 0 Å². The van der Waals surface area contributed by atoms with E-state index in [0.717, 1.165) is 0 Å². The Hall–Kier alpha value is -1.13. The van der Waals surface area contributed by atoms with Gasteiger partial charge in [-0.15, -0.1) is 0 Å². The average Bonchev–Trinajstić information content (AvgIpc) is 2.13. The normalized spacial score (nSPS) is 12.5. The van der Waals surface area contributed by atoms with E-state index in [1.807, 2.05) is 0 Å². The van der Waals surface area contributed by atoms with Crippen LogP contribution in [0.15, 0.2) is 12.1 Å². The third-order valence-corrected chi connectivity index (χ3v) is 2.64. The first kappa shape index (κ1) is 11.9. The molecule has 1 aromatic carbocycles. The van der Waals surface area contributed by atoms with E-state index in [1.54, 1.807) is 6.92 Å². The predicted molar refractivity (Wildman–Crippen MR) is 55.3 cm³/mol. The van der Waals surface area contributed by atoms with Gasteiger partial charge in [-0.25, -0.2) is 4.39 Å². The van der Waals surface area contributed by atoms with Gasteiger partial charge >= 0.3 is 5.97 Å². The lowest BCUT2D eigenvalue weighted by atomic mass is 9.99. The molecule has 0 aliphatic carbocycles. The zero-order valence-corrected chi connectivity index (χ0v) is 8.88. The fourth-order valence-corrected chi connectivity index (χ4v) is 1.54. The predicted octanol–water partition coefficient (Wildman–Crippen LogP) is 2.26. The summed E-state index contributed by atoms with van der Waals surface area (Å²) in [4.78, 5) is 10.5. The number of carboxylic acid groups (broad SMARTS) is 1. The van der Waals surface area contributed by atoms with Crippen molar-refractivity contribution in [1.82, 2.24) is 0 Å². The topological polar surface area (TPSA) is 63.3 Å². The Balaban J connectivity index is 3.05. The Morgan fingerprint density at radius 2 is 2.27 bits per heavy atom. The molecule has 82 valence electrons. The largest absolute Gasteiger partial charge is 0.481 e. The van der Waals surface area contributed by atoms with Crippen molar-refractivity contribution in [3.8, 4) is 0 Å². The molecule has 0 spiro atoms. The maximum atomic E-state index is 13.0. The van der Waals surface area contributed by atoms with Crippen LogP contribution in [0.2, 0.25) is 5.02 Å². The molecule has 1 unspecified atom stereocenters. The van der Waals surface area contributed by atoms with Gasteiger partial charge in [0.15, 0.2) is 0 Å². The van der Waals surface area contributed by atoms with Crippen LogP contribution in [0.25, 0.3) is 0 Å². The summed E-state index contributed by atoms with van der Waals surface area (Å²) in [6, 6.07) is 1.98. The van der Waals surface area contributed by atoms with Crippen molar-refractivity contribution in [1.29, 1.82) is 0 Å². The molecule has 0 fully saturated rings. The van der Waals surface area contributed by atoms with Crippen LogP contribution in [0, 0.1) is 12.7 Å². The lowest BCUT2D eigenvalue weighted by Crippen LogP contribution is -2.16. The third-order valence-electron chi connectivity index (χ3n) is 2.18. The monoisotopic (exact) mass is 231 g/mol. The first-order valence-corrected chi connectivity index (χ1v) is 4.73. The second-order valence-electron chi connectivity index (χ2n) is 3.28. The van der Waals surface area contributed by atoms with E-state index in [-0.39, 0.29) is 11.4 Å². The van der Waals surface area contributed by atoms with Crippen LogP contribution in [0.5, 0.6) is 0 Å². The van der Waals surface area contributed by atoms with Crippen LogP contribution in [-0.2, 0) is 4.79 Å². The highest BCUT2D eigenvalue weighted by molar-refractivity contribution is 6.31. The molecule has 0 saturated carbocycles. The molecule has 5 heteroatoms. The van der Waals surface area contributed by atoms with Crippen LogP contribution in [0.3, 0.4) is 0 Å². The van der Waals surface area contributed by atoms with Crippen molar-refractivity contribution >= 4 is 17.6 Å². The number of rotatable bonds is 3. The summed E-state index contributed by atoms with van der Waals surface area (Å²) in [5.41, 5.74) is 6.70. The van der Waals surface area contributed by atoms with Crippen molar-refractivity contribution in [2.75, 3.05) is 0 Å². The highest BCUT2D eigenvalue weighted by Gasteiger charge is 2.16. The summed E-state index contributed by atoms with van der Waals surface area (Å²) in [7, 11) is 0. The zero-order chi connectivity index (χ0) is 11.6. The SMILES string of the molecule is Cc1c(C(N)CC(=O)O)ccc(F)c1Cl. The summed E-state index contributed by atoms with van der Waals surface area (Å²) in [5.74, 6) is -1.53. The van der Waals surface area contributed by atoms with Crippen LogP contribution in [0.1, 0.15) is 23.6 Å². The van der Waals surface area contributed by atoms with Crippen molar-refractivity contribution in [3.05, 3.63) is 34.1 Å². The average molecular weight is 232 g/mol. The number of hydrogen-bond acceptors (Lipinski definition) is 2. The molecule has 0 aliphatic rings. The van der Waals surface area contributed by atoms with Gasteiger partial charge in [0.1, 0.15) is 5.82 Å². The van der Waals surface area contributed by atoms with Gasteiger partial charge in [0.2, 0.25) is 0 Å². The fraction of sp³-hybridized carbons (Fsp3) is 0.300. The molecule has 15 heavy (non-hydrogen) atoms. The molecule has 1 atom stereocenters. The number of nitrogens with two attached hydrogens (primary N) is 1. The molecule has 0 aromatic heterocycles. The third kappa shape index (κ3) is 2.67. The van der Waals surface area contributed by atoms with Gasteiger partial charge < -0.3 is 10.8 Å². The summed E-state index contributed by atoms with van der Waals surface area (Å²) in [6.07, 6.45) is -0.206. The van der Waals surface area contributed by atoms with E-state index in [9.17, 15) is 9.18 Å². The highest BCUT2D eigenvalue weighted by Crippen LogP contribution is 2.27. The van der Waals surface area contributed by atoms with Crippen molar-refractivity contribution in [2.45, 2.75) is 19.4 Å². The van der Waals surface area contributed by atoms with Gasteiger partial charge in [-0.1, -0.05) is 17.7 Å². The maximum Gasteiger partial charge on any atom is 0.305 e. The lowest BCUT2D eigenvalue weighted by molar-refractivity contribution is -0.137. The first-order valence-electron chi connectivity index (χ1n) is 4.35. The van der Waals surface area contributed by atoms with E-state index in [1.165, 1.54) is 12.1 Å². The minimum absolute atomic E-state index is 0.00617. The van der Waals surface area contributed by atoms with E-state index in [0.29, 0.717) is 11.1 Å². The minimum atomic E-state index is -0.998. The molecule has 0 bridgehead atoms. The van der Waals surface area contributed by atoms with Crippen LogP contribution in [-0.4, -0.2) is 11.1 Å². The van der Waals surface area contributed by atoms with Crippen LogP contribution >= 0.6 is 11.6 Å². The highest BCUT2D eigenvalue weighted by atomic mass is 35.5. The first-order chi connectivity index (χ1) is 6.93. The molecule has 0 aliphatic heterocycles. The number of aliphatic carboxylic acids is 1. The molecule has 0 saturated heterocycles. The number of hydrogen-bond donors (Lipinski definition) is 2. The molecular formula is C10H11ClFNO2. The van der Waals surface area contributed by atoms with E-state index < -0.39 is 17.8 Å². The van der Waals surface area contributed by atoms with Crippen LogP contribution in [0.4, 0.5) is 4.39 Å². The molecule has 1 rings (SSSR count). The quantitative estimate of drug-likeness (QED) is 0.839. The molecule has 3 N–H and O–H groups in total. The number of benzene rings is 1. The van der Waals surface area contributed by atoms with Gasteiger partial charge in [-0.2, -0.15) is 0 Å². The smallest absolute Gasteiger partial charge is 0.305 e. The molecule has 0 radical (unpaired) electrons. The minimum Gasteiger partial charge on any atom is -0.481 e. The molecular weight excluding hydrogens is 221 g/mol. The number of carbonyl (C=O) groups is 1. The molecule has 0 amide bonds. The van der Waals surface area contributed by atoms with E-state index in [4.69, 9.17) is 22.4 Å². The van der Waals surface area contributed by atoms with Crippen LogP contribution < -0.4 is 5.73 Å². The Bertz CT molecular complexity index is 395. The Labute approximate surface area is 91.7 Å². The zero-order valence-electron chi connectivity index (χ0n) is 8.13. The summed E-state index contributed by atoms with van der Waals surface area (Å²) < 4.78 is 13.0. The van der Waals surface area contributed by atoms with E-state index in [2.05, 4.69) is 0 Å². The summed E-state index contributed by atoms with van der Waals surface area (Å²) in [5, 5.41) is 8.57. The Kier molecular flexibility index (Phi) is 3.66.